The van der Waals surface area contributed by atoms with Crippen LogP contribution in [0.3, 0.4) is 0 Å². The molecule has 0 heterocycles. The van der Waals surface area contributed by atoms with Crippen molar-refractivity contribution in [2.24, 2.45) is 11.5 Å². The van der Waals surface area contributed by atoms with Crippen molar-refractivity contribution >= 4 is 0 Å². The molecule has 0 atom stereocenters. The first-order chi connectivity index (χ1) is 10.0. The summed E-state index contributed by atoms with van der Waals surface area (Å²) in [5.41, 5.74) is 4.90. The van der Waals surface area contributed by atoms with Gasteiger partial charge in [-0.15, -0.1) is 0 Å². The minimum Gasteiger partial charge on any atom is -0.330 e. The number of rotatable bonds is 12. The Hall–Kier alpha value is -0.160. The van der Waals surface area contributed by atoms with E-state index in [4.69, 9.17) is 16.8 Å². The van der Waals surface area contributed by atoms with Gasteiger partial charge in [0.15, 0.2) is 0 Å². The molecule has 14 heavy (non-hydrogen) atoms. The Morgan fingerprint density at radius 3 is 2.50 bits per heavy atom. The van der Waals surface area contributed by atoms with Crippen LogP contribution in [0.1, 0.15) is 33.9 Å². The van der Waals surface area contributed by atoms with Crippen LogP contribution in [0.2, 0.25) is 2.82 Å². The predicted octanol–water partition coefficient (Wildman–Crippen LogP) is -0.357. The van der Waals surface area contributed by atoms with Gasteiger partial charge in [-0.1, -0.05) is 0 Å². The average molecular weight is 210 g/mol. The van der Waals surface area contributed by atoms with E-state index in [1.807, 2.05) is 0 Å². The van der Waals surface area contributed by atoms with Crippen LogP contribution < -0.4 is 22.1 Å². The second-order valence-corrected chi connectivity index (χ2v) is 2.89. The number of hydrogen-bond acceptors (Lipinski definition) is 4. The highest BCUT2D eigenvalue weighted by Gasteiger charge is 1.89. The Kier molecular flexibility index (Phi) is 4.82. The summed E-state index contributed by atoms with van der Waals surface area (Å²) in [5, 5.41) is 5.50. The fourth-order valence-corrected chi connectivity index (χ4v) is 0.950. The smallest absolute Gasteiger partial charge is 0.118 e. The molecule has 6 N–H and O–H groups in total. The monoisotopic (exact) mass is 210 g/mol. The molecule has 0 bridgehead atoms. The quantitative estimate of drug-likeness (QED) is 0.332. The topological polar surface area (TPSA) is 76.1 Å². The van der Waals surface area contributed by atoms with Crippen molar-refractivity contribution in [2.45, 2.75) is 25.6 Å². The lowest BCUT2D eigenvalue weighted by atomic mass is 10.3. The highest BCUT2D eigenvalue weighted by Crippen LogP contribution is 1.84. The molecule has 0 aromatic heterocycles. The summed E-state index contributed by atoms with van der Waals surface area (Å²) in [7, 11) is 0. The van der Waals surface area contributed by atoms with Crippen molar-refractivity contribution in [3.05, 3.63) is 0 Å². The van der Waals surface area contributed by atoms with Crippen molar-refractivity contribution in [3.8, 4) is 0 Å². The first-order valence-electron chi connectivity index (χ1n) is 8.84. The lowest BCUT2D eigenvalue weighted by molar-refractivity contribution is 0.570. The van der Waals surface area contributed by atoms with Crippen molar-refractivity contribution < 1.29 is 11.0 Å². The summed E-state index contributed by atoms with van der Waals surface area (Å²) >= 11 is 0. The van der Waals surface area contributed by atoms with Gasteiger partial charge in [0.2, 0.25) is 0 Å². The maximum Gasteiger partial charge on any atom is 0.118 e. The zero-order valence-corrected chi connectivity index (χ0v) is 8.47. The Morgan fingerprint density at radius 2 is 1.79 bits per heavy atom. The molecule has 0 aromatic rings. The largest absolute Gasteiger partial charge is 0.330 e. The molecular formula is C10H26N4. The van der Waals surface area contributed by atoms with Crippen molar-refractivity contribution in [1.29, 1.82) is 0 Å². The highest BCUT2D eigenvalue weighted by atomic mass is 14.9. The minimum atomic E-state index is -3.09. The molecule has 0 aliphatic heterocycles. The van der Waals surface area contributed by atoms with E-state index in [1.54, 1.807) is 0 Å². The molecule has 4 nitrogen and oxygen atoms in total. The van der Waals surface area contributed by atoms with Gasteiger partial charge in [-0.3, -0.25) is 0 Å². The second-order valence-electron chi connectivity index (χ2n) is 2.89. The van der Waals surface area contributed by atoms with Crippen LogP contribution in [0.25, 0.3) is 0 Å². The van der Waals surface area contributed by atoms with Crippen molar-refractivity contribution in [1.82, 2.24) is 10.6 Å². The fourth-order valence-electron chi connectivity index (χ4n) is 0.950. The average Bonchev–Trinajstić information content (AvgIpc) is 2.41. The maximum absolute atomic E-state index is 7.67. The Balaban J connectivity index is 4.23. The summed E-state index contributed by atoms with van der Waals surface area (Å²) in [6, 6.07) is 0. The van der Waals surface area contributed by atoms with Crippen LogP contribution >= 0.6 is 0 Å². The molecule has 0 amide bonds. The van der Waals surface area contributed by atoms with Gasteiger partial charge >= 0.3 is 0 Å². The molecule has 0 spiro atoms. The molecule has 0 saturated heterocycles. The van der Waals surface area contributed by atoms with Crippen molar-refractivity contribution in [2.75, 3.05) is 39.2 Å². The Bertz CT molecular complexity index is 313. The van der Waals surface area contributed by atoms with E-state index in [0.717, 1.165) is 25.9 Å². The normalized spacial score (nSPS) is 22.4. The van der Waals surface area contributed by atoms with Crippen LogP contribution in [-0.2, 0) is 0 Å². The predicted molar refractivity (Wildman–Crippen MR) is 62.3 cm³/mol. The molecule has 0 radical (unpaired) electrons. The summed E-state index contributed by atoms with van der Waals surface area (Å²) in [6.45, 7) is -3.45. The molecule has 0 rings (SSSR count). The molecule has 0 unspecified atom stereocenters. The van der Waals surface area contributed by atoms with Gasteiger partial charge in [0, 0.05) is 8.22 Å². The number of nitrogens with two attached hydrogens (primary N) is 2. The fraction of sp³-hybridized carbons (Fsp3) is 1.00. The minimum absolute atomic E-state index is 0.164. The van der Waals surface area contributed by atoms with Gasteiger partial charge in [-0.05, 0) is 64.8 Å². The van der Waals surface area contributed by atoms with Gasteiger partial charge in [0.05, 0.1) is 0 Å². The Morgan fingerprint density at radius 1 is 1.07 bits per heavy atom. The second kappa shape index (κ2) is 12.8. The van der Waals surface area contributed by atoms with E-state index in [-0.39, 0.29) is 6.54 Å². The third kappa shape index (κ3) is 11.8. The van der Waals surface area contributed by atoms with Crippen LogP contribution in [0.4, 0.5) is 0 Å². The summed E-state index contributed by atoms with van der Waals surface area (Å²) in [6.07, 6.45) is -0.845. The number of unbranched alkanes of at least 4 members (excludes halogenated alkanes) is 1. The highest BCUT2D eigenvalue weighted by molar-refractivity contribution is 4.52. The van der Waals surface area contributed by atoms with Crippen LogP contribution in [-0.4, -0.2) is 39.2 Å². The van der Waals surface area contributed by atoms with E-state index in [2.05, 4.69) is 10.6 Å². The number of nitrogens with one attached hydrogen (secondary N) is 2. The van der Waals surface area contributed by atoms with Crippen LogP contribution in [0.15, 0.2) is 0 Å². The van der Waals surface area contributed by atoms with E-state index >= 15 is 0 Å². The van der Waals surface area contributed by atoms with Crippen molar-refractivity contribution in [3.63, 3.8) is 0 Å². The first-order valence-corrected chi connectivity index (χ1v) is 4.94. The zero-order chi connectivity index (χ0) is 17.4. The molecule has 0 aliphatic carbocycles. The number of hydrogen-bond donors (Lipinski definition) is 4. The molecule has 0 aliphatic rings. The van der Waals surface area contributed by atoms with Gasteiger partial charge in [0.25, 0.3) is 0 Å². The third-order valence-electron chi connectivity index (χ3n) is 1.67. The first kappa shape index (κ1) is 5.25. The molecule has 0 saturated carbocycles. The maximum atomic E-state index is 7.67. The van der Waals surface area contributed by atoms with Gasteiger partial charge in [-0.2, -0.15) is 0 Å². The molecule has 0 fully saturated rings. The molecule has 4 heteroatoms. The third-order valence-corrected chi connectivity index (χ3v) is 1.67. The summed E-state index contributed by atoms with van der Waals surface area (Å²) < 4.78 is 59.2. The van der Waals surface area contributed by atoms with Crippen LogP contribution in [0, 0.1) is 0 Å². The van der Waals surface area contributed by atoms with E-state index in [0.29, 0.717) is 13.0 Å². The molecule has 0 aromatic carbocycles. The van der Waals surface area contributed by atoms with Gasteiger partial charge < -0.3 is 22.1 Å². The summed E-state index contributed by atoms with van der Waals surface area (Å²) in [4.78, 5) is 0. The van der Waals surface area contributed by atoms with Crippen LogP contribution in [0.5, 0.6) is 0 Å². The Labute approximate surface area is 99.2 Å². The lowest BCUT2D eigenvalue weighted by Crippen LogP contribution is -2.22. The van der Waals surface area contributed by atoms with Gasteiger partial charge in [-0.25, -0.2) is 0 Å². The standard InChI is InChI=1S/C10H26N4/c11-5-3-9-13-7-1-2-8-14-10-4-6-12/h13-14H,1-12H2/i3D2,5D2,9D2/hD2. The van der Waals surface area contributed by atoms with E-state index in [9.17, 15) is 0 Å². The van der Waals surface area contributed by atoms with Gasteiger partial charge in [0.1, 0.15) is 2.82 Å². The molecule has 86 valence electrons. The molecular weight excluding hydrogens is 176 g/mol. The zero-order valence-electron chi connectivity index (χ0n) is 16.5. The van der Waals surface area contributed by atoms with E-state index < -0.39 is 25.1 Å². The summed E-state index contributed by atoms with van der Waals surface area (Å²) in [5.74, 6) is 0. The lowest BCUT2D eigenvalue weighted by Gasteiger charge is -2.04. The van der Waals surface area contributed by atoms with E-state index in [1.165, 1.54) is 0 Å². The SMILES string of the molecule is [2H]N([2H])C([2H])([2H])C([2H])([2H])C([2H])([2H])NCCCCNCCCN.